The van der Waals surface area contributed by atoms with Crippen molar-refractivity contribution in [3.8, 4) is 0 Å². The van der Waals surface area contributed by atoms with Gasteiger partial charge in [-0.15, -0.1) is 10.2 Å². The van der Waals surface area contributed by atoms with Gasteiger partial charge in [0, 0.05) is 31.3 Å². The quantitative estimate of drug-likeness (QED) is 0.521. The highest BCUT2D eigenvalue weighted by Gasteiger charge is 2.15. The third kappa shape index (κ3) is 3.80. The van der Waals surface area contributed by atoms with Gasteiger partial charge in [0.05, 0.1) is 13.1 Å². The van der Waals surface area contributed by atoms with Crippen LogP contribution in [0.25, 0.3) is 5.65 Å². The first-order valence-corrected chi connectivity index (χ1v) is 8.87. The number of aryl methyl sites for hydroxylation is 1. The number of nitrogens with one attached hydrogen (secondary N) is 2. The number of aromatic nitrogens is 6. The van der Waals surface area contributed by atoms with Crippen LogP contribution in [0.2, 0.25) is 0 Å². The highest BCUT2D eigenvalue weighted by molar-refractivity contribution is 5.33. The Balaban J connectivity index is 1.56. The van der Waals surface area contributed by atoms with Gasteiger partial charge in [0.2, 0.25) is 5.65 Å². The van der Waals surface area contributed by atoms with Gasteiger partial charge in [0.15, 0.2) is 5.82 Å². The molecule has 0 aliphatic carbocycles. The second kappa shape index (κ2) is 7.55. The molecule has 4 rings (SSSR count). The van der Waals surface area contributed by atoms with Crippen LogP contribution in [0.15, 0.2) is 53.8 Å². The fourth-order valence-corrected chi connectivity index (χ4v) is 3.17. The van der Waals surface area contributed by atoms with Gasteiger partial charge in [0.25, 0.3) is 5.56 Å². The zero-order chi connectivity index (χ0) is 18.6. The van der Waals surface area contributed by atoms with Gasteiger partial charge in [0.1, 0.15) is 5.82 Å². The second-order valence-electron chi connectivity index (χ2n) is 6.52. The summed E-state index contributed by atoms with van der Waals surface area (Å²) in [5.41, 5.74) is 2.68. The van der Waals surface area contributed by atoms with Gasteiger partial charge >= 0.3 is 0 Å². The SMILES string of the molecule is Cc1ccccc1CCN(Cc1ncc[nH]1)Cc1nnc2c(=O)[nH]ccn12. The molecule has 3 heterocycles. The third-order valence-electron chi connectivity index (χ3n) is 4.66. The van der Waals surface area contributed by atoms with E-state index in [0.717, 1.165) is 24.6 Å². The van der Waals surface area contributed by atoms with Crippen LogP contribution in [0.3, 0.4) is 0 Å². The number of rotatable bonds is 7. The lowest BCUT2D eigenvalue weighted by molar-refractivity contribution is 0.247. The molecule has 8 nitrogen and oxygen atoms in total. The molecule has 3 aromatic heterocycles. The number of aromatic amines is 2. The number of hydrogen-bond donors (Lipinski definition) is 2. The van der Waals surface area contributed by atoms with Crippen molar-refractivity contribution in [2.75, 3.05) is 6.54 Å². The molecule has 0 aliphatic heterocycles. The molecule has 0 fully saturated rings. The van der Waals surface area contributed by atoms with Gasteiger partial charge in [-0.05, 0) is 24.5 Å². The summed E-state index contributed by atoms with van der Waals surface area (Å²) in [5.74, 6) is 1.62. The lowest BCUT2D eigenvalue weighted by Crippen LogP contribution is -2.27. The first-order chi connectivity index (χ1) is 13.2. The topological polar surface area (TPSA) is 95.0 Å². The van der Waals surface area contributed by atoms with Crippen molar-refractivity contribution in [1.82, 2.24) is 34.4 Å². The minimum absolute atomic E-state index is 0.242. The maximum atomic E-state index is 11.9. The maximum absolute atomic E-state index is 11.9. The van der Waals surface area contributed by atoms with Crippen LogP contribution in [-0.2, 0) is 19.5 Å². The Morgan fingerprint density at radius 1 is 1.11 bits per heavy atom. The molecule has 2 N–H and O–H groups in total. The largest absolute Gasteiger partial charge is 0.348 e. The molecule has 4 aromatic rings. The maximum Gasteiger partial charge on any atom is 0.293 e. The van der Waals surface area contributed by atoms with E-state index in [-0.39, 0.29) is 5.56 Å². The minimum Gasteiger partial charge on any atom is -0.348 e. The highest BCUT2D eigenvalue weighted by atomic mass is 16.1. The molecule has 0 radical (unpaired) electrons. The van der Waals surface area contributed by atoms with E-state index in [2.05, 4.69) is 61.2 Å². The van der Waals surface area contributed by atoms with Crippen LogP contribution in [0.5, 0.6) is 0 Å². The Kier molecular flexibility index (Phi) is 4.80. The van der Waals surface area contributed by atoms with E-state index in [0.29, 0.717) is 18.7 Å². The molecule has 27 heavy (non-hydrogen) atoms. The lowest BCUT2D eigenvalue weighted by Gasteiger charge is -2.21. The van der Waals surface area contributed by atoms with Crippen molar-refractivity contribution in [2.24, 2.45) is 0 Å². The zero-order valence-corrected chi connectivity index (χ0v) is 15.1. The average molecular weight is 363 g/mol. The Morgan fingerprint density at radius 2 is 2.00 bits per heavy atom. The van der Waals surface area contributed by atoms with Gasteiger partial charge in [-0.25, -0.2) is 4.98 Å². The van der Waals surface area contributed by atoms with Crippen LogP contribution >= 0.6 is 0 Å². The summed E-state index contributed by atoms with van der Waals surface area (Å²) in [6, 6.07) is 8.41. The summed E-state index contributed by atoms with van der Waals surface area (Å²) < 4.78 is 1.74. The number of H-pyrrole nitrogens is 2. The van der Waals surface area contributed by atoms with Gasteiger partial charge in [-0.2, -0.15) is 0 Å². The summed E-state index contributed by atoms with van der Waals surface area (Å²) in [4.78, 5) is 24.2. The molecule has 8 heteroatoms. The lowest BCUT2D eigenvalue weighted by atomic mass is 10.1. The first kappa shape index (κ1) is 17.2. The van der Waals surface area contributed by atoms with Crippen LogP contribution in [0.1, 0.15) is 22.8 Å². The van der Waals surface area contributed by atoms with Crippen molar-refractivity contribution < 1.29 is 0 Å². The van der Waals surface area contributed by atoms with Crippen LogP contribution < -0.4 is 5.56 Å². The van der Waals surface area contributed by atoms with E-state index in [1.54, 1.807) is 23.0 Å². The summed E-state index contributed by atoms with van der Waals surface area (Å²) in [6.07, 6.45) is 7.87. The van der Waals surface area contributed by atoms with Crippen LogP contribution in [0, 0.1) is 6.92 Å². The van der Waals surface area contributed by atoms with Gasteiger partial charge < -0.3 is 9.97 Å². The van der Waals surface area contributed by atoms with E-state index in [4.69, 9.17) is 0 Å². The van der Waals surface area contributed by atoms with Crippen molar-refractivity contribution in [2.45, 2.75) is 26.4 Å². The summed E-state index contributed by atoms with van der Waals surface area (Å²) in [7, 11) is 0. The van der Waals surface area contributed by atoms with Crippen LogP contribution in [-0.4, -0.2) is 41.0 Å². The second-order valence-corrected chi connectivity index (χ2v) is 6.52. The van der Waals surface area contributed by atoms with Crippen molar-refractivity contribution in [3.63, 3.8) is 0 Å². The summed E-state index contributed by atoms with van der Waals surface area (Å²) in [6.45, 7) is 4.20. The molecular formula is C19H21N7O. The number of imidazole rings is 1. The van der Waals surface area contributed by atoms with Gasteiger partial charge in [-0.1, -0.05) is 24.3 Å². The fourth-order valence-electron chi connectivity index (χ4n) is 3.17. The molecule has 0 spiro atoms. The minimum atomic E-state index is -0.242. The standard InChI is InChI=1S/C19H21N7O/c1-14-4-2-3-5-15(14)6-10-25(12-16-20-7-8-21-16)13-17-23-24-18-19(27)22-9-11-26(17)18/h2-5,7-9,11H,6,10,12-13H2,1H3,(H,20,21)(H,22,27). The summed E-state index contributed by atoms with van der Waals surface area (Å²) >= 11 is 0. The fraction of sp³-hybridized carbons (Fsp3) is 0.263. The zero-order valence-electron chi connectivity index (χ0n) is 15.1. The molecule has 0 bridgehead atoms. The van der Waals surface area contributed by atoms with Gasteiger partial charge in [-0.3, -0.25) is 14.1 Å². The Hall–Kier alpha value is -3.26. The van der Waals surface area contributed by atoms with E-state index < -0.39 is 0 Å². The first-order valence-electron chi connectivity index (χ1n) is 8.87. The Labute approximate surface area is 155 Å². The summed E-state index contributed by atoms with van der Waals surface area (Å²) in [5, 5.41) is 8.24. The van der Waals surface area contributed by atoms with Crippen molar-refractivity contribution in [3.05, 3.63) is 82.2 Å². The van der Waals surface area contributed by atoms with Crippen molar-refractivity contribution in [1.29, 1.82) is 0 Å². The molecule has 0 unspecified atom stereocenters. The number of hydrogen-bond acceptors (Lipinski definition) is 5. The highest BCUT2D eigenvalue weighted by Crippen LogP contribution is 2.12. The Morgan fingerprint density at radius 3 is 2.81 bits per heavy atom. The van der Waals surface area contributed by atoms with E-state index in [1.165, 1.54) is 11.1 Å². The number of fused-ring (bicyclic) bond motifs is 1. The molecular weight excluding hydrogens is 342 g/mol. The molecule has 0 amide bonds. The van der Waals surface area contributed by atoms with Crippen molar-refractivity contribution >= 4 is 5.65 Å². The molecule has 0 saturated heterocycles. The van der Waals surface area contributed by atoms with E-state index >= 15 is 0 Å². The number of nitrogens with zero attached hydrogens (tertiary/aromatic N) is 5. The predicted molar refractivity (Wildman–Crippen MR) is 101 cm³/mol. The smallest absolute Gasteiger partial charge is 0.293 e. The molecule has 138 valence electrons. The molecule has 0 aliphatic rings. The van der Waals surface area contributed by atoms with Crippen LogP contribution in [0.4, 0.5) is 0 Å². The normalized spacial score (nSPS) is 11.5. The molecule has 1 aromatic carbocycles. The Bertz CT molecular complexity index is 1080. The average Bonchev–Trinajstić information content (AvgIpc) is 3.32. The predicted octanol–water partition coefficient (Wildman–Crippen LogP) is 1.69. The molecule has 0 atom stereocenters. The number of benzene rings is 1. The van der Waals surface area contributed by atoms with E-state index in [9.17, 15) is 4.79 Å². The molecule has 0 saturated carbocycles. The van der Waals surface area contributed by atoms with E-state index in [1.807, 2.05) is 6.20 Å². The third-order valence-corrected chi connectivity index (χ3v) is 4.66. The monoisotopic (exact) mass is 363 g/mol.